The monoisotopic (exact) mass is 299 g/mol. The zero-order valence-corrected chi connectivity index (χ0v) is 12.5. The highest BCUT2D eigenvalue weighted by Gasteiger charge is 2.41. The van der Waals surface area contributed by atoms with E-state index in [0.717, 1.165) is 32.4 Å². The minimum atomic E-state index is -1.04. The van der Waals surface area contributed by atoms with Crippen LogP contribution in [0, 0.1) is 0 Å². The lowest BCUT2D eigenvalue weighted by molar-refractivity contribution is -0.141. The molecule has 21 heavy (non-hydrogen) atoms. The Morgan fingerprint density at radius 2 is 2.00 bits per heavy atom. The Balaban J connectivity index is 2.11. The van der Waals surface area contributed by atoms with Gasteiger partial charge in [-0.3, -0.25) is 0 Å². The number of urea groups is 1. The van der Waals surface area contributed by atoms with Crippen LogP contribution in [0.2, 0.25) is 0 Å². The molecular weight excluding hydrogens is 274 g/mol. The summed E-state index contributed by atoms with van der Waals surface area (Å²) in [5, 5.41) is 22.2. The van der Waals surface area contributed by atoms with Crippen LogP contribution in [-0.2, 0) is 4.79 Å². The number of carboxylic acid groups (broad SMARTS) is 1. The molecule has 7 heteroatoms. The summed E-state index contributed by atoms with van der Waals surface area (Å²) in [7, 11) is 0. The number of nitrogens with zero attached hydrogens (tertiary/aromatic N) is 2. The Kier molecular flexibility index (Phi) is 5.41. The molecular formula is C14H25N3O4. The second-order valence-corrected chi connectivity index (χ2v) is 5.85. The van der Waals surface area contributed by atoms with E-state index in [1.165, 1.54) is 4.90 Å². The molecule has 3 N–H and O–H groups in total. The number of hydrogen-bond donors (Lipinski definition) is 3. The SMILES string of the molecule is CCCN(C(=O)N1C[C@H](O)C[C@@H]1C(=O)O)C1CCNCC1. The van der Waals surface area contributed by atoms with Crippen molar-refractivity contribution in [2.75, 3.05) is 26.2 Å². The first-order chi connectivity index (χ1) is 10.0. The number of likely N-dealkylation sites (tertiary alicyclic amines) is 1. The number of piperidine rings is 1. The van der Waals surface area contributed by atoms with Gasteiger partial charge in [-0.15, -0.1) is 0 Å². The predicted molar refractivity (Wildman–Crippen MR) is 77.0 cm³/mol. The summed E-state index contributed by atoms with van der Waals surface area (Å²) in [5.74, 6) is -1.04. The highest BCUT2D eigenvalue weighted by molar-refractivity contribution is 5.83. The topological polar surface area (TPSA) is 93.1 Å². The number of aliphatic hydroxyl groups excluding tert-OH is 1. The van der Waals surface area contributed by atoms with Crippen LogP contribution in [0.4, 0.5) is 4.79 Å². The average molecular weight is 299 g/mol. The lowest BCUT2D eigenvalue weighted by Gasteiger charge is -2.37. The third-order valence-electron chi connectivity index (χ3n) is 4.27. The van der Waals surface area contributed by atoms with Crippen LogP contribution < -0.4 is 5.32 Å². The van der Waals surface area contributed by atoms with Gasteiger partial charge in [-0.1, -0.05) is 6.92 Å². The van der Waals surface area contributed by atoms with Crippen LogP contribution in [0.3, 0.4) is 0 Å². The number of rotatable bonds is 4. The van der Waals surface area contributed by atoms with E-state index in [0.29, 0.717) is 6.54 Å². The Labute approximate surface area is 124 Å². The Bertz CT molecular complexity index is 384. The molecule has 0 unspecified atom stereocenters. The summed E-state index contributed by atoms with van der Waals surface area (Å²) in [6.45, 7) is 4.50. The summed E-state index contributed by atoms with van der Waals surface area (Å²) < 4.78 is 0. The first kappa shape index (κ1) is 16.0. The number of hydrogen-bond acceptors (Lipinski definition) is 4. The zero-order chi connectivity index (χ0) is 15.4. The van der Waals surface area contributed by atoms with Gasteiger partial charge in [0, 0.05) is 25.6 Å². The number of amides is 2. The number of carbonyl (C=O) groups excluding carboxylic acids is 1. The largest absolute Gasteiger partial charge is 0.480 e. The van der Waals surface area contributed by atoms with Gasteiger partial charge in [0.1, 0.15) is 6.04 Å². The molecule has 2 atom stereocenters. The summed E-state index contributed by atoms with van der Waals surface area (Å²) in [4.78, 5) is 27.2. The van der Waals surface area contributed by atoms with E-state index in [1.54, 1.807) is 4.90 Å². The molecule has 0 aromatic heterocycles. The molecule has 0 aliphatic carbocycles. The number of β-amino-alcohol motifs (C(OH)–C–C–N with tert-alkyl or cyclic N) is 1. The van der Waals surface area contributed by atoms with Gasteiger partial charge < -0.3 is 25.3 Å². The van der Waals surface area contributed by atoms with Gasteiger partial charge in [0.05, 0.1) is 6.10 Å². The Morgan fingerprint density at radius 1 is 1.33 bits per heavy atom. The fraction of sp³-hybridized carbons (Fsp3) is 0.857. The molecule has 2 rings (SSSR count). The van der Waals surface area contributed by atoms with Crippen molar-refractivity contribution in [1.29, 1.82) is 0 Å². The molecule has 0 spiro atoms. The van der Waals surface area contributed by atoms with Crippen LogP contribution in [0.15, 0.2) is 0 Å². The van der Waals surface area contributed by atoms with Crippen molar-refractivity contribution in [1.82, 2.24) is 15.1 Å². The van der Waals surface area contributed by atoms with E-state index in [-0.39, 0.29) is 25.0 Å². The van der Waals surface area contributed by atoms with E-state index < -0.39 is 18.1 Å². The van der Waals surface area contributed by atoms with E-state index in [2.05, 4.69) is 5.32 Å². The quantitative estimate of drug-likeness (QED) is 0.684. The third kappa shape index (κ3) is 3.65. The number of carboxylic acids is 1. The van der Waals surface area contributed by atoms with Crippen molar-refractivity contribution in [2.24, 2.45) is 0 Å². The van der Waals surface area contributed by atoms with Crippen LogP contribution in [0.1, 0.15) is 32.6 Å². The smallest absolute Gasteiger partial charge is 0.326 e. The van der Waals surface area contributed by atoms with Gasteiger partial charge in [-0.25, -0.2) is 9.59 Å². The maximum Gasteiger partial charge on any atom is 0.326 e. The van der Waals surface area contributed by atoms with Crippen LogP contribution in [-0.4, -0.2) is 76.4 Å². The predicted octanol–water partition coefficient (Wildman–Crippen LogP) is 0.0902. The van der Waals surface area contributed by atoms with Crippen molar-refractivity contribution < 1.29 is 19.8 Å². The summed E-state index contributed by atoms with van der Waals surface area (Å²) in [5.41, 5.74) is 0. The minimum absolute atomic E-state index is 0.112. The third-order valence-corrected chi connectivity index (χ3v) is 4.27. The Morgan fingerprint density at radius 3 is 2.57 bits per heavy atom. The molecule has 2 fully saturated rings. The summed E-state index contributed by atoms with van der Waals surface area (Å²) in [6, 6.07) is -0.993. The van der Waals surface area contributed by atoms with Crippen LogP contribution in [0.5, 0.6) is 0 Å². The first-order valence-corrected chi connectivity index (χ1v) is 7.73. The molecule has 0 bridgehead atoms. The lowest BCUT2D eigenvalue weighted by Crippen LogP contribution is -2.54. The number of aliphatic carboxylic acids is 1. The molecule has 120 valence electrons. The van der Waals surface area contributed by atoms with Gasteiger partial charge in [0.15, 0.2) is 0 Å². The van der Waals surface area contributed by atoms with Gasteiger partial charge >= 0.3 is 12.0 Å². The van der Waals surface area contributed by atoms with E-state index in [1.807, 2.05) is 6.92 Å². The molecule has 0 saturated carbocycles. The second kappa shape index (κ2) is 7.09. The zero-order valence-electron chi connectivity index (χ0n) is 12.5. The number of carbonyl (C=O) groups is 2. The molecule has 2 saturated heterocycles. The van der Waals surface area contributed by atoms with E-state index in [4.69, 9.17) is 0 Å². The molecule has 0 aromatic carbocycles. The van der Waals surface area contributed by atoms with Crippen LogP contribution >= 0.6 is 0 Å². The van der Waals surface area contributed by atoms with E-state index >= 15 is 0 Å². The van der Waals surface area contributed by atoms with Crippen molar-refractivity contribution in [3.8, 4) is 0 Å². The van der Waals surface area contributed by atoms with Gasteiger partial charge in [-0.05, 0) is 32.4 Å². The lowest BCUT2D eigenvalue weighted by atomic mass is 10.0. The van der Waals surface area contributed by atoms with Crippen molar-refractivity contribution in [2.45, 2.75) is 50.8 Å². The van der Waals surface area contributed by atoms with Gasteiger partial charge in [0.25, 0.3) is 0 Å². The van der Waals surface area contributed by atoms with Crippen molar-refractivity contribution in [3.05, 3.63) is 0 Å². The maximum absolute atomic E-state index is 12.8. The maximum atomic E-state index is 12.8. The van der Waals surface area contributed by atoms with Crippen LogP contribution in [0.25, 0.3) is 0 Å². The fourth-order valence-corrected chi connectivity index (χ4v) is 3.22. The summed E-state index contributed by atoms with van der Waals surface area (Å²) >= 11 is 0. The average Bonchev–Trinajstić information content (AvgIpc) is 2.87. The van der Waals surface area contributed by atoms with Gasteiger partial charge in [0.2, 0.25) is 0 Å². The van der Waals surface area contributed by atoms with Crippen molar-refractivity contribution >= 4 is 12.0 Å². The first-order valence-electron chi connectivity index (χ1n) is 7.73. The molecule has 0 radical (unpaired) electrons. The minimum Gasteiger partial charge on any atom is -0.480 e. The number of nitrogens with one attached hydrogen (secondary N) is 1. The van der Waals surface area contributed by atoms with Gasteiger partial charge in [-0.2, -0.15) is 0 Å². The molecule has 2 aliphatic heterocycles. The molecule has 0 aromatic rings. The molecule has 2 aliphatic rings. The summed E-state index contributed by atoms with van der Waals surface area (Å²) in [6.07, 6.45) is 1.99. The standard InChI is InChI=1S/C14H25N3O4/c1-2-7-16(10-3-5-15-6-4-10)14(21)17-9-11(18)8-12(17)13(19)20/h10-12,15,18H,2-9H2,1H3,(H,19,20)/t11-,12-/m1/s1. The Hall–Kier alpha value is -1.34. The second-order valence-electron chi connectivity index (χ2n) is 5.85. The molecule has 2 heterocycles. The van der Waals surface area contributed by atoms with E-state index in [9.17, 15) is 19.8 Å². The molecule has 7 nitrogen and oxygen atoms in total. The van der Waals surface area contributed by atoms with Crippen molar-refractivity contribution in [3.63, 3.8) is 0 Å². The highest BCUT2D eigenvalue weighted by atomic mass is 16.4. The highest BCUT2D eigenvalue weighted by Crippen LogP contribution is 2.23. The normalized spacial score (nSPS) is 26.9. The number of aliphatic hydroxyl groups is 1. The molecule has 2 amide bonds. The fourth-order valence-electron chi connectivity index (χ4n) is 3.22.